The SMILES string of the molecule is S=c1n(CN2CCc3sccc3C2)nc(-c2ccco2)n1Cc1ccccc1. The fraction of sp³-hybridized carbons (Fsp3) is 0.238. The molecule has 3 aromatic heterocycles. The molecule has 28 heavy (non-hydrogen) atoms. The van der Waals surface area contributed by atoms with Gasteiger partial charge >= 0.3 is 0 Å². The van der Waals surface area contributed by atoms with Gasteiger partial charge in [-0.15, -0.1) is 16.4 Å². The van der Waals surface area contributed by atoms with Gasteiger partial charge in [-0.25, -0.2) is 4.68 Å². The zero-order chi connectivity index (χ0) is 18.9. The average Bonchev–Trinajstić information content (AvgIpc) is 3.45. The van der Waals surface area contributed by atoms with Crippen LogP contribution in [0, 0.1) is 4.77 Å². The molecule has 0 N–H and O–H groups in total. The van der Waals surface area contributed by atoms with Crippen molar-refractivity contribution in [1.82, 2.24) is 19.2 Å². The van der Waals surface area contributed by atoms with E-state index in [1.165, 1.54) is 16.0 Å². The second kappa shape index (κ2) is 7.50. The van der Waals surface area contributed by atoms with E-state index in [9.17, 15) is 0 Å². The van der Waals surface area contributed by atoms with Crippen molar-refractivity contribution in [3.63, 3.8) is 0 Å². The van der Waals surface area contributed by atoms with Gasteiger partial charge in [-0.3, -0.25) is 9.47 Å². The summed E-state index contributed by atoms with van der Waals surface area (Å²) in [4.78, 5) is 3.90. The van der Waals surface area contributed by atoms with Gasteiger partial charge in [0.1, 0.15) is 0 Å². The molecule has 7 heteroatoms. The molecule has 0 atom stereocenters. The molecule has 5 nitrogen and oxygen atoms in total. The fourth-order valence-corrected chi connectivity index (χ4v) is 4.79. The lowest BCUT2D eigenvalue weighted by atomic mass is 10.1. The molecular weight excluding hydrogens is 388 g/mol. The Morgan fingerprint density at radius 3 is 2.82 bits per heavy atom. The van der Waals surface area contributed by atoms with E-state index in [-0.39, 0.29) is 0 Å². The normalized spacial score (nSPS) is 14.3. The first kappa shape index (κ1) is 17.6. The summed E-state index contributed by atoms with van der Waals surface area (Å²) in [6.07, 6.45) is 2.77. The number of fused-ring (bicyclic) bond motifs is 1. The molecule has 5 rings (SSSR count). The van der Waals surface area contributed by atoms with Gasteiger partial charge in [-0.2, -0.15) is 0 Å². The predicted molar refractivity (Wildman–Crippen MR) is 113 cm³/mol. The van der Waals surface area contributed by atoms with E-state index in [1.54, 1.807) is 6.26 Å². The van der Waals surface area contributed by atoms with E-state index in [0.29, 0.717) is 18.0 Å². The zero-order valence-corrected chi connectivity index (χ0v) is 17.0. The van der Waals surface area contributed by atoms with Crippen molar-refractivity contribution in [2.24, 2.45) is 0 Å². The minimum absolute atomic E-state index is 0.671. The third-order valence-electron chi connectivity index (χ3n) is 5.07. The average molecular weight is 409 g/mol. The van der Waals surface area contributed by atoms with Crippen LogP contribution in [0.15, 0.2) is 64.6 Å². The molecule has 1 aliphatic heterocycles. The fourth-order valence-electron chi connectivity index (χ4n) is 3.65. The lowest BCUT2D eigenvalue weighted by Gasteiger charge is -2.26. The molecule has 0 bridgehead atoms. The molecule has 142 valence electrons. The van der Waals surface area contributed by atoms with Crippen LogP contribution in [0.25, 0.3) is 11.6 Å². The van der Waals surface area contributed by atoms with Crippen LogP contribution in [-0.4, -0.2) is 25.8 Å². The molecule has 4 aromatic rings. The first-order chi connectivity index (χ1) is 13.8. The maximum Gasteiger partial charge on any atom is 0.199 e. The molecule has 0 aliphatic carbocycles. The second-order valence-corrected chi connectivity index (χ2v) is 8.33. The molecule has 0 spiro atoms. The molecule has 0 amide bonds. The number of aromatic nitrogens is 3. The van der Waals surface area contributed by atoms with Crippen LogP contribution < -0.4 is 0 Å². The Bertz CT molecular complexity index is 1130. The summed E-state index contributed by atoms with van der Waals surface area (Å²) in [6, 6.07) is 16.4. The van der Waals surface area contributed by atoms with E-state index in [1.807, 2.05) is 46.4 Å². The molecule has 1 aromatic carbocycles. The summed E-state index contributed by atoms with van der Waals surface area (Å²) in [5, 5.41) is 7.01. The van der Waals surface area contributed by atoms with Crippen LogP contribution in [0.4, 0.5) is 0 Å². The maximum absolute atomic E-state index is 5.81. The minimum atomic E-state index is 0.671. The number of nitrogens with zero attached hydrogens (tertiary/aromatic N) is 4. The molecule has 0 saturated carbocycles. The molecule has 4 heterocycles. The number of rotatable bonds is 5. The molecule has 0 unspecified atom stereocenters. The van der Waals surface area contributed by atoms with Crippen molar-refractivity contribution >= 4 is 23.6 Å². The van der Waals surface area contributed by atoms with Gasteiger partial charge in [0, 0.05) is 18.0 Å². The summed E-state index contributed by atoms with van der Waals surface area (Å²) in [5.41, 5.74) is 2.62. The van der Waals surface area contributed by atoms with Crippen LogP contribution in [0.2, 0.25) is 0 Å². The van der Waals surface area contributed by atoms with Gasteiger partial charge in [0.15, 0.2) is 16.4 Å². The van der Waals surface area contributed by atoms with E-state index in [2.05, 4.69) is 33.0 Å². The monoisotopic (exact) mass is 408 g/mol. The molecule has 0 radical (unpaired) electrons. The van der Waals surface area contributed by atoms with Crippen LogP contribution in [0.3, 0.4) is 0 Å². The van der Waals surface area contributed by atoms with Crippen molar-refractivity contribution in [3.8, 4) is 11.6 Å². The van der Waals surface area contributed by atoms with Crippen LogP contribution >= 0.6 is 23.6 Å². The van der Waals surface area contributed by atoms with E-state index in [0.717, 1.165) is 31.1 Å². The minimum Gasteiger partial charge on any atom is -0.461 e. The lowest BCUT2D eigenvalue weighted by molar-refractivity contribution is 0.189. The van der Waals surface area contributed by atoms with E-state index < -0.39 is 0 Å². The zero-order valence-electron chi connectivity index (χ0n) is 15.3. The topological polar surface area (TPSA) is 39.1 Å². The Balaban J connectivity index is 1.47. The van der Waals surface area contributed by atoms with Gasteiger partial charge in [-0.1, -0.05) is 30.3 Å². The van der Waals surface area contributed by atoms with Gasteiger partial charge in [0.05, 0.1) is 19.5 Å². The Morgan fingerprint density at radius 1 is 1.11 bits per heavy atom. The summed E-state index contributed by atoms with van der Waals surface area (Å²) in [7, 11) is 0. The van der Waals surface area contributed by atoms with Crippen molar-refractivity contribution in [2.45, 2.75) is 26.2 Å². The van der Waals surface area contributed by atoms with Crippen molar-refractivity contribution in [1.29, 1.82) is 0 Å². The number of thiophene rings is 1. The van der Waals surface area contributed by atoms with Crippen LogP contribution in [0.1, 0.15) is 16.0 Å². The summed E-state index contributed by atoms with van der Waals surface area (Å²) < 4.78 is 10.3. The highest BCUT2D eigenvalue weighted by molar-refractivity contribution is 7.71. The Labute approximate surface area is 172 Å². The lowest BCUT2D eigenvalue weighted by Crippen LogP contribution is -2.32. The maximum atomic E-state index is 5.81. The molecular formula is C21H20N4OS2. The van der Waals surface area contributed by atoms with Crippen molar-refractivity contribution in [2.75, 3.05) is 6.54 Å². The highest BCUT2D eigenvalue weighted by atomic mass is 32.1. The van der Waals surface area contributed by atoms with E-state index >= 15 is 0 Å². The first-order valence-corrected chi connectivity index (χ1v) is 10.6. The summed E-state index contributed by atoms with van der Waals surface area (Å²) in [6.45, 7) is 3.33. The van der Waals surface area contributed by atoms with Crippen LogP contribution in [-0.2, 0) is 26.2 Å². The van der Waals surface area contributed by atoms with Gasteiger partial charge in [0.25, 0.3) is 0 Å². The molecule has 0 fully saturated rings. The summed E-state index contributed by atoms with van der Waals surface area (Å²) in [5.74, 6) is 1.51. The third kappa shape index (κ3) is 3.37. The Morgan fingerprint density at radius 2 is 2.00 bits per heavy atom. The van der Waals surface area contributed by atoms with Crippen molar-refractivity contribution in [3.05, 3.63) is 80.9 Å². The van der Waals surface area contributed by atoms with Gasteiger partial charge in [-0.05, 0) is 53.3 Å². The second-order valence-electron chi connectivity index (χ2n) is 6.97. The van der Waals surface area contributed by atoms with Crippen LogP contribution in [0.5, 0.6) is 0 Å². The number of benzene rings is 1. The Hall–Kier alpha value is -2.48. The number of hydrogen-bond donors (Lipinski definition) is 0. The highest BCUT2D eigenvalue weighted by Crippen LogP contribution is 2.25. The quantitative estimate of drug-likeness (QED) is 0.445. The van der Waals surface area contributed by atoms with Crippen molar-refractivity contribution < 1.29 is 4.42 Å². The molecule has 1 aliphatic rings. The van der Waals surface area contributed by atoms with Gasteiger partial charge < -0.3 is 4.42 Å². The Kier molecular flexibility index (Phi) is 4.72. The highest BCUT2D eigenvalue weighted by Gasteiger charge is 2.20. The summed E-state index contributed by atoms with van der Waals surface area (Å²) >= 11 is 7.67. The predicted octanol–water partition coefficient (Wildman–Crippen LogP) is 4.80. The standard InChI is InChI=1S/C21H20N4OS2/c27-21-24(13-16-5-2-1-3-6-16)20(18-7-4-11-26-18)22-25(21)15-23-10-8-19-17(14-23)9-12-28-19/h1-7,9,11-12H,8,10,13-15H2. The first-order valence-electron chi connectivity index (χ1n) is 9.31. The van der Waals surface area contributed by atoms with Gasteiger partial charge in [0.2, 0.25) is 0 Å². The smallest absolute Gasteiger partial charge is 0.199 e. The number of furan rings is 1. The number of hydrogen-bond acceptors (Lipinski definition) is 5. The largest absolute Gasteiger partial charge is 0.461 e. The van der Waals surface area contributed by atoms with E-state index in [4.69, 9.17) is 21.7 Å². The third-order valence-corrected chi connectivity index (χ3v) is 6.52. The molecule has 0 saturated heterocycles.